The van der Waals surface area contributed by atoms with Crippen LogP contribution in [0.4, 0.5) is 18.9 Å². The second-order valence-electron chi connectivity index (χ2n) is 3.82. The van der Waals surface area contributed by atoms with Gasteiger partial charge in [0.05, 0.1) is 12.7 Å². The Labute approximate surface area is 117 Å². The highest BCUT2D eigenvalue weighted by molar-refractivity contribution is 9.10. The van der Waals surface area contributed by atoms with Gasteiger partial charge >= 0.3 is 12.1 Å². The number of hydrogen-bond acceptors (Lipinski definition) is 3. The number of alkyl halides is 3. The van der Waals surface area contributed by atoms with Gasteiger partial charge in [0.15, 0.2) is 0 Å². The van der Waals surface area contributed by atoms with Crippen LogP contribution in [0.3, 0.4) is 0 Å². The Bertz CT molecular complexity index is 463. The minimum Gasteiger partial charge on any atom is -0.467 e. The van der Waals surface area contributed by atoms with Crippen LogP contribution in [0, 0.1) is 0 Å². The van der Waals surface area contributed by atoms with Gasteiger partial charge in [-0.25, -0.2) is 4.79 Å². The highest BCUT2D eigenvalue weighted by Gasteiger charge is 2.33. The summed E-state index contributed by atoms with van der Waals surface area (Å²) in [5.74, 6) is -0.515. The lowest BCUT2D eigenvalue weighted by molar-refractivity contribution is -0.141. The lowest BCUT2D eigenvalue weighted by Gasteiger charge is -2.17. The molecule has 1 rings (SSSR count). The van der Waals surface area contributed by atoms with Gasteiger partial charge in [0.2, 0.25) is 0 Å². The summed E-state index contributed by atoms with van der Waals surface area (Å²) in [7, 11) is 1.23. The van der Waals surface area contributed by atoms with Crippen molar-refractivity contribution in [2.75, 3.05) is 12.4 Å². The predicted octanol–water partition coefficient (Wildman–Crippen LogP) is 3.83. The lowest BCUT2D eigenvalue weighted by atomic mass is 10.1. The molecule has 7 heteroatoms. The summed E-state index contributed by atoms with van der Waals surface area (Å²) in [5, 5.41) is 2.72. The van der Waals surface area contributed by atoms with Gasteiger partial charge in [-0.3, -0.25) is 0 Å². The number of halogens is 4. The summed E-state index contributed by atoms with van der Waals surface area (Å²) in [6.07, 6.45) is -4.05. The van der Waals surface area contributed by atoms with E-state index in [9.17, 15) is 18.0 Å². The number of nitrogens with one attached hydrogen (secondary N) is 1. The monoisotopic (exact) mass is 339 g/mol. The number of anilines is 1. The van der Waals surface area contributed by atoms with Crippen LogP contribution in [0.2, 0.25) is 0 Å². The zero-order chi connectivity index (χ0) is 14.6. The first-order chi connectivity index (χ1) is 8.79. The van der Waals surface area contributed by atoms with Gasteiger partial charge in [0, 0.05) is 10.2 Å². The van der Waals surface area contributed by atoms with E-state index in [4.69, 9.17) is 0 Å². The number of hydrogen-bond donors (Lipinski definition) is 1. The molecule has 0 aliphatic rings. The maximum atomic E-state index is 12.7. The zero-order valence-electron chi connectivity index (χ0n) is 10.3. The van der Waals surface area contributed by atoms with Gasteiger partial charge in [-0.2, -0.15) is 13.2 Å². The van der Waals surface area contributed by atoms with Gasteiger partial charge in [-0.05, 0) is 24.6 Å². The van der Waals surface area contributed by atoms with Crippen molar-refractivity contribution in [2.45, 2.75) is 25.6 Å². The van der Waals surface area contributed by atoms with Crippen LogP contribution in [0.25, 0.3) is 0 Å². The Hall–Kier alpha value is -1.24. The molecule has 3 nitrogen and oxygen atoms in total. The van der Waals surface area contributed by atoms with Crippen LogP contribution in [-0.4, -0.2) is 19.1 Å². The van der Waals surface area contributed by atoms with Crippen molar-refractivity contribution in [3.05, 3.63) is 28.2 Å². The summed E-state index contributed by atoms with van der Waals surface area (Å²) in [6.45, 7) is 1.73. The Balaban J connectivity index is 3.00. The van der Waals surface area contributed by atoms with E-state index in [2.05, 4.69) is 26.0 Å². The standard InChI is InChI=1S/C12H13BrF3NO2/c1-3-10(11(18)19-2)17-7-4-5-9(13)8(6-7)12(14,15)16/h4-6,10,17H,3H2,1-2H3. The Morgan fingerprint density at radius 2 is 2.11 bits per heavy atom. The smallest absolute Gasteiger partial charge is 0.417 e. The molecular weight excluding hydrogens is 327 g/mol. The van der Waals surface area contributed by atoms with Gasteiger partial charge in [0.25, 0.3) is 0 Å². The van der Waals surface area contributed by atoms with E-state index < -0.39 is 23.8 Å². The second kappa shape index (κ2) is 6.27. The van der Waals surface area contributed by atoms with Gasteiger partial charge < -0.3 is 10.1 Å². The van der Waals surface area contributed by atoms with E-state index in [0.29, 0.717) is 6.42 Å². The molecule has 1 atom stereocenters. The third-order valence-electron chi connectivity index (χ3n) is 2.51. The Morgan fingerprint density at radius 3 is 2.58 bits per heavy atom. The second-order valence-corrected chi connectivity index (χ2v) is 4.68. The number of esters is 1. The Kier molecular flexibility index (Phi) is 5.22. The molecule has 106 valence electrons. The van der Waals surface area contributed by atoms with Gasteiger partial charge in [-0.15, -0.1) is 0 Å². The molecule has 0 aliphatic carbocycles. The van der Waals surface area contributed by atoms with Crippen molar-refractivity contribution in [3.8, 4) is 0 Å². The third kappa shape index (κ3) is 4.12. The first-order valence-corrected chi connectivity index (χ1v) is 6.30. The molecule has 0 saturated heterocycles. The van der Waals surface area contributed by atoms with E-state index >= 15 is 0 Å². The quantitative estimate of drug-likeness (QED) is 0.847. The molecule has 1 aromatic carbocycles. The molecule has 0 fully saturated rings. The van der Waals surface area contributed by atoms with Crippen LogP contribution in [0.15, 0.2) is 22.7 Å². The minimum atomic E-state index is -4.45. The van der Waals surface area contributed by atoms with E-state index in [1.807, 2.05) is 0 Å². The van der Waals surface area contributed by atoms with Crippen molar-refractivity contribution in [1.82, 2.24) is 0 Å². The van der Waals surface area contributed by atoms with Crippen LogP contribution in [0.5, 0.6) is 0 Å². The fraction of sp³-hybridized carbons (Fsp3) is 0.417. The van der Waals surface area contributed by atoms with Crippen LogP contribution >= 0.6 is 15.9 Å². The molecule has 0 saturated carbocycles. The van der Waals surface area contributed by atoms with Crippen molar-refractivity contribution in [1.29, 1.82) is 0 Å². The SMILES string of the molecule is CCC(Nc1ccc(Br)c(C(F)(F)F)c1)C(=O)OC. The molecule has 0 radical (unpaired) electrons. The molecule has 1 unspecified atom stereocenters. The summed E-state index contributed by atoms with van der Waals surface area (Å²) < 4.78 is 42.7. The minimum absolute atomic E-state index is 0.0448. The van der Waals surface area contributed by atoms with Crippen LogP contribution in [-0.2, 0) is 15.7 Å². The normalized spacial score (nSPS) is 12.9. The molecule has 1 N–H and O–H groups in total. The largest absolute Gasteiger partial charge is 0.467 e. The number of carbonyl (C=O) groups is 1. The molecule has 0 heterocycles. The maximum Gasteiger partial charge on any atom is 0.417 e. The molecule has 0 aliphatic heterocycles. The number of ether oxygens (including phenoxy) is 1. The average molecular weight is 340 g/mol. The first kappa shape index (κ1) is 15.8. The number of benzene rings is 1. The molecular formula is C12H13BrF3NO2. The number of methoxy groups -OCH3 is 1. The first-order valence-electron chi connectivity index (χ1n) is 5.50. The van der Waals surface area contributed by atoms with E-state index in [-0.39, 0.29) is 10.2 Å². The van der Waals surface area contributed by atoms with Crippen molar-refractivity contribution in [3.63, 3.8) is 0 Å². The van der Waals surface area contributed by atoms with Gasteiger partial charge in [-0.1, -0.05) is 22.9 Å². The number of carbonyl (C=O) groups excluding carboxylic acids is 1. The number of rotatable bonds is 4. The molecule has 0 bridgehead atoms. The molecule has 0 amide bonds. The summed E-state index contributed by atoms with van der Waals surface area (Å²) in [4.78, 5) is 11.4. The van der Waals surface area contributed by atoms with Gasteiger partial charge in [0.1, 0.15) is 6.04 Å². The fourth-order valence-electron chi connectivity index (χ4n) is 1.50. The summed E-state index contributed by atoms with van der Waals surface area (Å²) in [6, 6.07) is 3.03. The molecule has 1 aromatic rings. The average Bonchev–Trinajstić information content (AvgIpc) is 2.35. The van der Waals surface area contributed by atoms with E-state index in [0.717, 1.165) is 6.07 Å². The fourth-order valence-corrected chi connectivity index (χ4v) is 1.97. The summed E-state index contributed by atoms with van der Waals surface area (Å²) >= 11 is 2.85. The third-order valence-corrected chi connectivity index (χ3v) is 3.20. The van der Waals surface area contributed by atoms with E-state index in [1.165, 1.54) is 19.2 Å². The lowest BCUT2D eigenvalue weighted by Crippen LogP contribution is -2.29. The molecule has 0 spiro atoms. The Morgan fingerprint density at radius 1 is 1.47 bits per heavy atom. The zero-order valence-corrected chi connectivity index (χ0v) is 11.9. The molecule has 19 heavy (non-hydrogen) atoms. The highest BCUT2D eigenvalue weighted by atomic mass is 79.9. The van der Waals surface area contributed by atoms with Crippen molar-refractivity contribution >= 4 is 27.6 Å². The predicted molar refractivity (Wildman–Crippen MR) is 68.9 cm³/mol. The van der Waals surface area contributed by atoms with Crippen LogP contribution < -0.4 is 5.32 Å². The highest BCUT2D eigenvalue weighted by Crippen LogP contribution is 2.36. The summed E-state index contributed by atoms with van der Waals surface area (Å²) in [5.41, 5.74) is -0.579. The topological polar surface area (TPSA) is 38.3 Å². The van der Waals surface area contributed by atoms with Crippen molar-refractivity contribution < 1.29 is 22.7 Å². The molecule has 0 aromatic heterocycles. The maximum absolute atomic E-state index is 12.7. The van der Waals surface area contributed by atoms with Crippen LogP contribution in [0.1, 0.15) is 18.9 Å². The van der Waals surface area contributed by atoms with Crippen molar-refractivity contribution in [2.24, 2.45) is 0 Å². The van der Waals surface area contributed by atoms with E-state index in [1.54, 1.807) is 6.92 Å².